The number of carboxylic acid groups (broad SMARTS) is 1. The molecule has 3 atom stereocenters. The maximum atomic E-state index is 12.5. The van der Waals surface area contributed by atoms with Crippen LogP contribution in [0, 0.1) is 5.92 Å². The summed E-state index contributed by atoms with van der Waals surface area (Å²) in [6.45, 7) is 3.86. The number of aliphatic carboxylic acids is 1. The zero-order chi connectivity index (χ0) is 20.4. The van der Waals surface area contributed by atoms with Crippen molar-refractivity contribution in [1.29, 1.82) is 0 Å². The van der Waals surface area contributed by atoms with Crippen LogP contribution in [0.1, 0.15) is 84.5 Å². The van der Waals surface area contributed by atoms with Gasteiger partial charge in [-0.25, -0.2) is 8.42 Å². The van der Waals surface area contributed by atoms with Gasteiger partial charge in [0.1, 0.15) is 0 Å². The van der Waals surface area contributed by atoms with Gasteiger partial charge in [-0.15, -0.1) is 0 Å². The molecule has 0 spiro atoms. The van der Waals surface area contributed by atoms with Crippen molar-refractivity contribution >= 4 is 15.8 Å². The Morgan fingerprint density at radius 3 is 2.19 bits per heavy atom. The molecule has 0 aromatic carbocycles. The number of hydrogen-bond acceptors (Lipinski definition) is 5. The van der Waals surface area contributed by atoms with Crippen molar-refractivity contribution in [3.8, 4) is 0 Å². The number of carboxylic acids is 1. The summed E-state index contributed by atoms with van der Waals surface area (Å²) in [5.41, 5.74) is 0.607. The van der Waals surface area contributed by atoms with E-state index in [1.165, 1.54) is 0 Å². The first-order valence-corrected chi connectivity index (χ1v) is 11.9. The van der Waals surface area contributed by atoms with Crippen molar-refractivity contribution in [2.24, 2.45) is 5.92 Å². The van der Waals surface area contributed by atoms with Gasteiger partial charge in [-0.2, -0.15) is 0 Å². The molecule has 0 saturated carbocycles. The predicted octanol–water partition coefficient (Wildman–Crippen LogP) is 3.99. The molecule has 0 unspecified atom stereocenters. The molecule has 27 heavy (non-hydrogen) atoms. The number of unbranched alkanes of at least 4 members (excludes halogenated alkanes) is 6. The Morgan fingerprint density at radius 2 is 1.56 bits per heavy atom. The quantitative estimate of drug-likeness (QED) is 0.316. The number of aliphatic hydroxyl groups is 2. The van der Waals surface area contributed by atoms with Gasteiger partial charge in [0.2, 0.25) is 0 Å². The van der Waals surface area contributed by atoms with Crippen LogP contribution < -0.4 is 0 Å². The van der Waals surface area contributed by atoms with E-state index in [1.807, 2.05) is 0 Å². The van der Waals surface area contributed by atoms with Gasteiger partial charge < -0.3 is 15.3 Å². The van der Waals surface area contributed by atoms with Crippen LogP contribution in [0.25, 0.3) is 0 Å². The minimum Gasteiger partial charge on any atom is -0.512 e. The molecule has 7 heteroatoms. The highest BCUT2D eigenvalue weighted by molar-refractivity contribution is 7.92. The predicted molar refractivity (Wildman–Crippen MR) is 106 cm³/mol. The normalized spacial score (nSPS) is 25.4. The molecule has 0 bridgehead atoms. The lowest BCUT2D eigenvalue weighted by Crippen LogP contribution is -2.27. The summed E-state index contributed by atoms with van der Waals surface area (Å²) in [5, 5.41) is 28.7. The molecule has 0 radical (unpaired) electrons. The minimum atomic E-state index is -3.39. The molecule has 1 saturated heterocycles. The number of hydrogen-bond donors (Lipinski definition) is 3. The van der Waals surface area contributed by atoms with Gasteiger partial charge in [-0.3, -0.25) is 4.79 Å². The smallest absolute Gasteiger partial charge is 0.303 e. The maximum absolute atomic E-state index is 12.5. The van der Waals surface area contributed by atoms with Crippen LogP contribution in [-0.2, 0) is 14.6 Å². The average Bonchev–Trinajstić information content (AvgIpc) is 2.81. The number of sulfone groups is 1. The van der Waals surface area contributed by atoms with Gasteiger partial charge in [0, 0.05) is 18.8 Å². The molecule has 158 valence electrons. The lowest BCUT2D eigenvalue weighted by Gasteiger charge is -2.23. The van der Waals surface area contributed by atoms with E-state index in [0.29, 0.717) is 31.3 Å². The molecular formula is C20H36O6S. The number of rotatable bonds is 13. The van der Waals surface area contributed by atoms with E-state index < -0.39 is 33.1 Å². The molecule has 0 amide bonds. The first kappa shape index (κ1) is 24.0. The Balaban J connectivity index is 2.67. The third kappa shape index (κ3) is 7.82. The standard InChI is InChI=1S/C20H36O6S/c1-3-4-5-8-11-16(21)15(2)20-17(22)14-27(25,26)18(20)12-9-6-7-10-13-19(23)24/h17-18,20-22H,3-14H2,1-2H3,(H,23,24)/b16-15+/t17-,18-,20+/m1/s1. The lowest BCUT2D eigenvalue weighted by atomic mass is 9.87. The monoisotopic (exact) mass is 404 g/mol. The minimum absolute atomic E-state index is 0.136. The van der Waals surface area contributed by atoms with Crippen molar-refractivity contribution in [3.63, 3.8) is 0 Å². The van der Waals surface area contributed by atoms with Gasteiger partial charge in [-0.1, -0.05) is 45.4 Å². The second-order valence-corrected chi connectivity index (χ2v) is 10.0. The van der Waals surface area contributed by atoms with Crippen molar-refractivity contribution in [2.75, 3.05) is 5.75 Å². The van der Waals surface area contributed by atoms with Crippen LogP contribution in [0.5, 0.6) is 0 Å². The molecule has 1 aliphatic heterocycles. The first-order valence-electron chi connectivity index (χ1n) is 10.2. The summed E-state index contributed by atoms with van der Waals surface area (Å²) in [6.07, 6.45) is 7.04. The van der Waals surface area contributed by atoms with Crippen LogP contribution in [0.4, 0.5) is 0 Å². The maximum Gasteiger partial charge on any atom is 0.303 e. The fraction of sp³-hybridized carbons (Fsp3) is 0.850. The Morgan fingerprint density at radius 1 is 0.963 bits per heavy atom. The van der Waals surface area contributed by atoms with Gasteiger partial charge >= 0.3 is 5.97 Å². The summed E-state index contributed by atoms with van der Waals surface area (Å²) < 4.78 is 25.0. The highest BCUT2D eigenvalue weighted by Crippen LogP contribution is 2.37. The van der Waals surface area contributed by atoms with E-state index in [2.05, 4.69) is 6.92 Å². The van der Waals surface area contributed by atoms with Gasteiger partial charge in [0.25, 0.3) is 0 Å². The Labute approximate surface area is 163 Å². The molecule has 1 rings (SSSR count). The molecule has 6 nitrogen and oxygen atoms in total. The fourth-order valence-corrected chi connectivity index (χ4v) is 6.24. The van der Waals surface area contributed by atoms with Crippen LogP contribution in [-0.4, -0.2) is 46.8 Å². The summed E-state index contributed by atoms with van der Waals surface area (Å²) in [4.78, 5) is 10.5. The summed E-state index contributed by atoms with van der Waals surface area (Å²) >= 11 is 0. The Hall–Kier alpha value is -1.08. The van der Waals surface area contributed by atoms with Crippen LogP contribution >= 0.6 is 0 Å². The summed E-state index contributed by atoms with van der Waals surface area (Å²) in [7, 11) is -3.39. The van der Waals surface area contributed by atoms with E-state index in [0.717, 1.165) is 38.5 Å². The van der Waals surface area contributed by atoms with E-state index >= 15 is 0 Å². The van der Waals surface area contributed by atoms with Crippen LogP contribution in [0.3, 0.4) is 0 Å². The van der Waals surface area contributed by atoms with Crippen LogP contribution in [0.2, 0.25) is 0 Å². The Bertz CT molecular complexity index is 596. The molecule has 1 fully saturated rings. The number of allylic oxidation sites excluding steroid dienone is 1. The van der Waals surface area contributed by atoms with Crippen molar-refractivity contribution in [2.45, 2.75) is 95.8 Å². The zero-order valence-electron chi connectivity index (χ0n) is 16.7. The fourth-order valence-electron chi connectivity index (χ4n) is 3.95. The first-order chi connectivity index (χ1) is 12.7. The van der Waals surface area contributed by atoms with Gasteiger partial charge in [0.05, 0.1) is 22.9 Å². The third-order valence-electron chi connectivity index (χ3n) is 5.53. The van der Waals surface area contributed by atoms with E-state index in [-0.39, 0.29) is 17.9 Å². The zero-order valence-corrected chi connectivity index (χ0v) is 17.5. The van der Waals surface area contributed by atoms with E-state index in [9.17, 15) is 23.4 Å². The topological polar surface area (TPSA) is 112 Å². The largest absolute Gasteiger partial charge is 0.512 e. The van der Waals surface area contributed by atoms with E-state index in [4.69, 9.17) is 5.11 Å². The third-order valence-corrected chi connectivity index (χ3v) is 7.79. The van der Waals surface area contributed by atoms with Crippen molar-refractivity contribution in [3.05, 3.63) is 11.3 Å². The van der Waals surface area contributed by atoms with Crippen LogP contribution in [0.15, 0.2) is 11.3 Å². The molecule has 0 aromatic heterocycles. The van der Waals surface area contributed by atoms with Crippen molar-refractivity contribution in [1.82, 2.24) is 0 Å². The van der Waals surface area contributed by atoms with Crippen molar-refractivity contribution < 1.29 is 28.5 Å². The lowest BCUT2D eigenvalue weighted by molar-refractivity contribution is -0.137. The second-order valence-electron chi connectivity index (χ2n) is 7.75. The summed E-state index contributed by atoms with van der Waals surface area (Å²) in [6, 6.07) is 0. The highest BCUT2D eigenvalue weighted by atomic mass is 32.2. The molecule has 1 aliphatic rings. The molecule has 0 aliphatic carbocycles. The van der Waals surface area contributed by atoms with Gasteiger partial charge in [-0.05, 0) is 31.8 Å². The van der Waals surface area contributed by atoms with E-state index in [1.54, 1.807) is 6.92 Å². The number of aliphatic hydroxyl groups excluding tert-OH is 2. The number of carbonyl (C=O) groups is 1. The average molecular weight is 405 g/mol. The molecule has 1 heterocycles. The highest BCUT2D eigenvalue weighted by Gasteiger charge is 2.47. The SMILES string of the molecule is CCCCCC/C(O)=C(/C)[C@H]1[C@H](O)CS(=O)(=O)[C@@H]1CCCCCCC(=O)O. The molecule has 0 aromatic rings. The second kappa shape index (κ2) is 11.7. The summed E-state index contributed by atoms with van der Waals surface area (Å²) in [5.74, 6) is -1.38. The Kier molecular flexibility index (Phi) is 10.4. The molecule has 3 N–H and O–H groups in total. The molecular weight excluding hydrogens is 368 g/mol. The van der Waals surface area contributed by atoms with Gasteiger partial charge in [0.15, 0.2) is 9.84 Å².